The number of anilines is 1. The monoisotopic (exact) mass is 346 g/mol. The molecule has 2 aromatic carbocycles. The highest BCUT2D eigenvalue weighted by atomic mass is 79.9. The van der Waals surface area contributed by atoms with E-state index < -0.39 is 5.76 Å². The summed E-state index contributed by atoms with van der Waals surface area (Å²) in [6, 6.07) is 12.2. The maximum atomic E-state index is 12.2. The number of aryl methyl sites for hydroxylation is 1. The summed E-state index contributed by atoms with van der Waals surface area (Å²) in [7, 11) is 1.60. The predicted molar refractivity (Wildman–Crippen MR) is 83.6 cm³/mol. The Bertz CT molecular complexity index is 878. The van der Waals surface area contributed by atoms with E-state index in [9.17, 15) is 9.59 Å². The average molecular weight is 347 g/mol. The molecule has 3 aromatic rings. The molecule has 21 heavy (non-hydrogen) atoms. The van der Waals surface area contributed by atoms with Crippen LogP contribution in [0.15, 0.2) is 56.1 Å². The minimum absolute atomic E-state index is 0.243. The van der Waals surface area contributed by atoms with Gasteiger partial charge >= 0.3 is 5.76 Å². The zero-order chi connectivity index (χ0) is 15.0. The quantitative estimate of drug-likeness (QED) is 0.775. The molecule has 0 aliphatic rings. The maximum absolute atomic E-state index is 12.2. The van der Waals surface area contributed by atoms with Crippen molar-refractivity contribution in [1.29, 1.82) is 0 Å². The molecule has 3 rings (SSSR count). The van der Waals surface area contributed by atoms with Crippen molar-refractivity contribution in [2.75, 3.05) is 5.32 Å². The lowest BCUT2D eigenvalue weighted by Gasteiger charge is -2.05. The van der Waals surface area contributed by atoms with Crippen molar-refractivity contribution in [1.82, 2.24) is 4.57 Å². The first-order valence-electron chi connectivity index (χ1n) is 6.21. The number of nitrogens with zero attached hydrogens (tertiary/aromatic N) is 1. The fourth-order valence-electron chi connectivity index (χ4n) is 2.00. The smallest absolute Gasteiger partial charge is 0.408 e. The van der Waals surface area contributed by atoms with Crippen LogP contribution in [0.2, 0.25) is 0 Å². The van der Waals surface area contributed by atoms with E-state index in [4.69, 9.17) is 4.42 Å². The van der Waals surface area contributed by atoms with Crippen LogP contribution in [0.1, 0.15) is 10.4 Å². The number of carbonyl (C=O) groups excluding carboxylic acids is 1. The number of hydrogen-bond acceptors (Lipinski definition) is 3. The molecule has 1 N–H and O–H groups in total. The zero-order valence-electron chi connectivity index (χ0n) is 11.1. The van der Waals surface area contributed by atoms with Crippen LogP contribution in [0.4, 0.5) is 5.69 Å². The van der Waals surface area contributed by atoms with Gasteiger partial charge in [0.05, 0.1) is 5.52 Å². The summed E-state index contributed by atoms with van der Waals surface area (Å²) >= 11 is 3.34. The highest BCUT2D eigenvalue weighted by Gasteiger charge is 2.11. The van der Waals surface area contributed by atoms with E-state index in [0.717, 1.165) is 4.47 Å². The van der Waals surface area contributed by atoms with Gasteiger partial charge in [0.25, 0.3) is 5.91 Å². The first-order valence-corrected chi connectivity index (χ1v) is 7.00. The molecule has 0 spiro atoms. The predicted octanol–water partition coefficient (Wildman–Crippen LogP) is 3.15. The average Bonchev–Trinajstić information content (AvgIpc) is 2.76. The number of nitrogens with one attached hydrogen (secondary N) is 1. The molecule has 6 heteroatoms. The van der Waals surface area contributed by atoms with Gasteiger partial charge in [0.2, 0.25) is 0 Å². The third kappa shape index (κ3) is 2.62. The van der Waals surface area contributed by atoms with Gasteiger partial charge in [0, 0.05) is 22.8 Å². The lowest BCUT2D eigenvalue weighted by atomic mass is 10.2. The third-order valence-corrected chi connectivity index (χ3v) is 3.68. The van der Waals surface area contributed by atoms with E-state index in [1.165, 1.54) is 4.57 Å². The highest BCUT2D eigenvalue weighted by Crippen LogP contribution is 2.17. The van der Waals surface area contributed by atoms with Crippen molar-refractivity contribution in [2.45, 2.75) is 0 Å². The number of carbonyl (C=O) groups is 1. The van der Waals surface area contributed by atoms with Crippen molar-refractivity contribution in [3.63, 3.8) is 0 Å². The Morgan fingerprint density at radius 2 is 1.90 bits per heavy atom. The number of benzene rings is 2. The molecule has 5 nitrogen and oxygen atoms in total. The summed E-state index contributed by atoms with van der Waals surface area (Å²) in [4.78, 5) is 23.7. The van der Waals surface area contributed by atoms with E-state index in [0.29, 0.717) is 22.4 Å². The van der Waals surface area contributed by atoms with Gasteiger partial charge in [-0.2, -0.15) is 0 Å². The second-order valence-corrected chi connectivity index (χ2v) is 5.49. The second kappa shape index (κ2) is 5.21. The molecule has 0 aliphatic carbocycles. The number of fused-ring (bicyclic) bond motifs is 1. The molecule has 0 aliphatic heterocycles. The number of halogens is 1. The highest BCUT2D eigenvalue weighted by molar-refractivity contribution is 9.10. The van der Waals surface area contributed by atoms with Crippen LogP contribution in [-0.2, 0) is 7.05 Å². The topological polar surface area (TPSA) is 64.2 Å². The SMILES string of the molecule is Cn1c(=O)oc2ccc(C(=O)Nc3ccc(Br)cc3)cc21. The Hall–Kier alpha value is -2.34. The van der Waals surface area contributed by atoms with Gasteiger partial charge in [0.1, 0.15) is 0 Å². The van der Waals surface area contributed by atoms with E-state index in [2.05, 4.69) is 21.2 Å². The summed E-state index contributed by atoms with van der Waals surface area (Å²) in [5, 5.41) is 2.80. The summed E-state index contributed by atoms with van der Waals surface area (Å²) in [5.74, 6) is -0.691. The lowest BCUT2D eigenvalue weighted by Crippen LogP contribution is -2.12. The number of oxazole rings is 1. The minimum atomic E-state index is -0.449. The van der Waals surface area contributed by atoms with Gasteiger partial charge in [-0.25, -0.2) is 4.79 Å². The molecule has 0 radical (unpaired) electrons. The van der Waals surface area contributed by atoms with Crippen molar-refractivity contribution in [3.05, 3.63) is 63.1 Å². The number of hydrogen-bond donors (Lipinski definition) is 1. The minimum Gasteiger partial charge on any atom is -0.408 e. The number of aromatic nitrogens is 1. The van der Waals surface area contributed by atoms with Crippen molar-refractivity contribution >= 4 is 38.6 Å². The zero-order valence-corrected chi connectivity index (χ0v) is 12.7. The third-order valence-electron chi connectivity index (χ3n) is 3.16. The maximum Gasteiger partial charge on any atom is 0.419 e. The standard InChI is InChI=1S/C15H11BrN2O3/c1-18-12-8-9(2-7-13(12)21-15(18)20)14(19)17-11-5-3-10(16)4-6-11/h2-8H,1H3,(H,17,19). The fourth-order valence-corrected chi connectivity index (χ4v) is 2.27. The molecule has 1 aromatic heterocycles. The Morgan fingerprint density at radius 3 is 2.62 bits per heavy atom. The first kappa shape index (κ1) is 13.6. The molecule has 0 unspecified atom stereocenters. The molecule has 0 saturated carbocycles. The van der Waals surface area contributed by atoms with Gasteiger partial charge in [-0.3, -0.25) is 9.36 Å². The Balaban J connectivity index is 1.92. The molecular formula is C15H11BrN2O3. The number of amides is 1. The van der Waals surface area contributed by atoms with Crippen LogP contribution >= 0.6 is 15.9 Å². The summed E-state index contributed by atoms with van der Waals surface area (Å²) in [6.07, 6.45) is 0. The van der Waals surface area contributed by atoms with E-state index in [1.807, 2.05) is 12.1 Å². The van der Waals surface area contributed by atoms with E-state index >= 15 is 0 Å². The van der Waals surface area contributed by atoms with E-state index in [-0.39, 0.29) is 5.91 Å². The Labute approximate surface area is 128 Å². The van der Waals surface area contributed by atoms with Crippen molar-refractivity contribution in [3.8, 4) is 0 Å². The Kier molecular flexibility index (Phi) is 3.39. The molecule has 106 valence electrons. The van der Waals surface area contributed by atoms with Crippen molar-refractivity contribution < 1.29 is 9.21 Å². The van der Waals surface area contributed by atoms with Crippen LogP contribution in [-0.4, -0.2) is 10.5 Å². The van der Waals surface area contributed by atoms with Gasteiger partial charge in [-0.05, 0) is 42.5 Å². The summed E-state index contributed by atoms with van der Waals surface area (Å²) in [6.45, 7) is 0. The molecule has 0 fully saturated rings. The molecule has 0 saturated heterocycles. The van der Waals surface area contributed by atoms with Gasteiger partial charge in [0.15, 0.2) is 5.58 Å². The fraction of sp³-hybridized carbons (Fsp3) is 0.0667. The van der Waals surface area contributed by atoms with Crippen LogP contribution in [0, 0.1) is 0 Å². The summed E-state index contributed by atoms with van der Waals surface area (Å²) < 4.78 is 7.34. The van der Waals surface area contributed by atoms with Gasteiger partial charge in [-0.15, -0.1) is 0 Å². The Morgan fingerprint density at radius 1 is 1.19 bits per heavy atom. The normalized spacial score (nSPS) is 10.8. The number of rotatable bonds is 2. The summed E-state index contributed by atoms with van der Waals surface area (Å²) in [5.41, 5.74) is 2.21. The largest absolute Gasteiger partial charge is 0.419 e. The van der Waals surface area contributed by atoms with Crippen LogP contribution in [0.5, 0.6) is 0 Å². The van der Waals surface area contributed by atoms with E-state index in [1.54, 1.807) is 37.4 Å². The van der Waals surface area contributed by atoms with Crippen LogP contribution in [0.3, 0.4) is 0 Å². The van der Waals surface area contributed by atoms with Crippen LogP contribution < -0.4 is 11.1 Å². The molecule has 1 amide bonds. The van der Waals surface area contributed by atoms with Crippen LogP contribution in [0.25, 0.3) is 11.1 Å². The first-order chi connectivity index (χ1) is 10.0. The molecule has 0 atom stereocenters. The molecular weight excluding hydrogens is 336 g/mol. The second-order valence-electron chi connectivity index (χ2n) is 4.57. The van der Waals surface area contributed by atoms with Gasteiger partial charge < -0.3 is 9.73 Å². The molecule has 1 heterocycles. The van der Waals surface area contributed by atoms with Gasteiger partial charge in [-0.1, -0.05) is 15.9 Å². The molecule has 0 bridgehead atoms. The lowest BCUT2D eigenvalue weighted by molar-refractivity contribution is 0.102. The van der Waals surface area contributed by atoms with Crippen molar-refractivity contribution in [2.24, 2.45) is 7.05 Å².